The molecule has 0 saturated carbocycles. The number of likely N-dealkylation sites (N-methyl/N-ethyl adjacent to an activating group) is 1. The van der Waals surface area contributed by atoms with Gasteiger partial charge in [0.05, 0.1) is 29.5 Å². The summed E-state index contributed by atoms with van der Waals surface area (Å²) in [4.78, 5) is 1.78. The maximum Gasteiger partial charge on any atom is 0.0813 e. The molecule has 1 aromatic carbocycles. The molecule has 1 unspecified atom stereocenters. The molecule has 104 valence electrons. The average Bonchev–Trinajstić information content (AvgIpc) is 2.67. The first-order valence-electron chi connectivity index (χ1n) is 6.03. The normalized spacial score (nSPS) is 17.1. The lowest BCUT2D eigenvalue weighted by molar-refractivity contribution is 0.422. The monoisotopic (exact) mass is 280 g/mol. The minimum absolute atomic E-state index is 0.0170. The van der Waals surface area contributed by atoms with Crippen LogP contribution in [-0.4, -0.2) is 45.2 Å². The molecule has 0 aromatic heterocycles. The number of rotatable bonds is 4. The molecule has 0 saturated heterocycles. The number of hydrogen-bond donors (Lipinski definition) is 0. The molecular weight excluding hydrogens is 262 g/mol. The van der Waals surface area contributed by atoms with Gasteiger partial charge in [-0.15, -0.1) is 0 Å². The van der Waals surface area contributed by atoms with Gasteiger partial charge in [-0.2, -0.15) is 0 Å². The fraction of sp³-hybridized carbons (Fsp3) is 0.385. The van der Waals surface area contributed by atoms with Crippen molar-refractivity contribution in [3.63, 3.8) is 0 Å². The summed E-state index contributed by atoms with van der Waals surface area (Å²) in [6, 6.07) is 10.0. The number of anilines is 1. The quantitative estimate of drug-likeness (QED) is 0.779. The van der Waals surface area contributed by atoms with Gasteiger partial charge in [0.1, 0.15) is 0 Å². The van der Waals surface area contributed by atoms with Crippen molar-refractivity contribution in [3.8, 4) is 0 Å². The number of allylic oxidation sites excluding steroid dienone is 1. The molecule has 1 aromatic rings. The van der Waals surface area contributed by atoms with Crippen LogP contribution in [0.4, 0.5) is 5.69 Å². The van der Waals surface area contributed by atoms with Crippen LogP contribution in [0, 0.1) is 0 Å². The Kier molecular flexibility index (Phi) is 4.11. The van der Waals surface area contributed by atoms with E-state index in [9.17, 15) is 8.76 Å². The van der Waals surface area contributed by atoms with E-state index in [4.69, 9.17) is 0 Å². The van der Waals surface area contributed by atoms with Crippen molar-refractivity contribution in [2.75, 3.05) is 31.5 Å². The van der Waals surface area contributed by atoms with Crippen molar-refractivity contribution in [3.05, 3.63) is 41.7 Å². The summed E-state index contributed by atoms with van der Waals surface area (Å²) < 4.78 is 21.6. The summed E-state index contributed by atoms with van der Waals surface area (Å²) in [6.07, 6.45) is 0. The van der Waals surface area contributed by atoms with Gasteiger partial charge in [-0.1, -0.05) is 18.2 Å². The zero-order valence-electron chi connectivity index (χ0n) is 11.4. The topological polar surface area (TPSA) is 49.9 Å². The zero-order valence-corrected chi connectivity index (χ0v) is 12.2. The summed E-state index contributed by atoms with van der Waals surface area (Å²) in [6.45, 7) is 2.68. The molecule has 0 bridgehead atoms. The maximum atomic E-state index is 10.8. The first-order valence-corrected chi connectivity index (χ1v) is 7.28. The fourth-order valence-electron chi connectivity index (χ4n) is 2.23. The smallest absolute Gasteiger partial charge is 0.0813 e. The molecule has 0 amide bonds. The molecule has 1 aliphatic rings. The highest BCUT2D eigenvalue weighted by Crippen LogP contribution is 2.28. The van der Waals surface area contributed by atoms with E-state index in [1.165, 1.54) is 0 Å². The molecule has 0 spiro atoms. The largest absolute Gasteiger partial charge is 0.771 e. The van der Waals surface area contributed by atoms with Crippen LogP contribution in [0.5, 0.6) is 0 Å². The third kappa shape index (κ3) is 2.90. The van der Waals surface area contributed by atoms with Gasteiger partial charge in [0, 0.05) is 14.1 Å². The molecule has 2 rings (SSSR count). The van der Waals surface area contributed by atoms with Crippen LogP contribution < -0.4 is 5.01 Å². The van der Waals surface area contributed by atoms with Crippen molar-refractivity contribution in [2.45, 2.75) is 6.92 Å². The highest BCUT2D eigenvalue weighted by atomic mass is 32.2. The number of hydrogen-bond acceptors (Lipinski definition) is 5. The molecule has 19 heavy (non-hydrogen) atoms. The Morgan fingerprint density at radius 2 is 2.00 bits per heavy atom. The number of hydrazine groups is 1. The molecule has 0 radical (unpaired) electrons. The zero-order chi connectivity index (χ0) is 14.0. The summed E-state index contributed by atoms with van der Waals surface area (Å²) >= 11 is -2.07. The molecule has 0 N–H and O–H groups in total. The van der Waals surface area contributed by atoms with E-state index in [-0.39, 0.29) is 5.88 Å². The van der Waals surface area contributed by atoms with Crippen LogP contribution in [0.1, 0.15) is 6.92 Å². The second-order valence-electron chi connectivity index (χ2n) is 4.58. The highest BCUT2D eigenvalue weighted by molar-refractivity contribution is 7.79. The van der Waals surface area contributed by atoms with Gasteiger partial charge < -0.3 is 9.45 Å². The van der Waals surface area contributed by atoms with E-state index in [1.807, 2.05) is 44.3 Å². The van der Waals surface area contributed by atoms with Crippen molar-refractivity contribution < 1.29 is 8.76 Å². The molecule has 0 aliphatic carbocycles. The van der Waals surface area contributed by atoms with Gasteiger partial charge in [0.25, 0.3) is 0 Å². The van der Waals surface area contributed by atoms with Gasteiger partial charge in [0.2, 0.25) is 0 Å². The van der Waals surface area contributed by atoms with E-state index in [0.717, 1.165) is 17.1 Å². The lowest BCUT2D eigenvalue weighted by Crippen LogP contribution is -2.34. The van der Waals surface area contributed by atoms with E-state index >= 15 is 0 Å². The van der Waals surface area contributed by atoms with Crippen molar-refractivity contribution in [2.24, 2.45) is 0 Å². The van der Waals surface area contributed by atoms with Crippen LogP contribution >= 0.6 is 0 Å². The Morgan fingerprint density at radius 1 is 1.37 bits per heavy atom. The minimum atomic E-state index is -2.07. The van der Waals surface area contributed by atoms with Gasteiger partial charge in [0.15, 0.2) is 0 Å². The Labute approximate surface area is 116 Å². The standard InChI is InChI=1S/C13H19N3O2S/c1-11-13(14(2)10-19(17)18)9-16(15(11)3)12-7-5-4-6-8-12/h4-8H,9-10H2,1-3H3,(H,17,18)/p-1. The van der Waals surface area contributed by atoms with E-state index in [1.54, 1.807) is 11.9 Å². The Hall–Kier alpha value is -1.53. The second-order valence-corrected chi connectivity index (χ2v) is 5.45. The first-order chi connectivity index (χ1) is 9.00. The number of para-hydroxylation sites is 1. The van der Waals surface area contributed by atoms with Crippen LogP contribution in [-0.2, 0) is 11.1 Å². The van der Waals surface area contributed by atoms with E-state index < -0.39 is 11.1 Å². The Balaban J connectivity index is 2.18. The number of nitrogens with zero attached hydrogens (tertiary/aromatic N) is 3. The molecule has 6 heteroatoms. The first kappa shape index (κ1) is 13.9. The van der Waals surface area contributed by atoms with Gasteiger partial charge in [-0.3, -0.25) is 14.2 Å². The predicted octanol–water partition coefficient (Wildman–Crippen LogP) is 1.35. The lowest BCUT2D eigenvalue weighted by atomic mass is 10.3. The third-order valence-corrected chi connectivity index (χ3v) is 3.98. The molecule has 1 heterocycles. The van der Waals surface area contributed by atoms with Crippen LogP contribution in [0.25, 0.3) is 0 Å². The molecule has 1 aliphatic heterocycles. The van der Waals surface area contributed by atoms with Crippen LogP contribution in [0.3, 0.4) is 0 Å². The highest BCUT2D eigenvalue weighted by Gasteiger charge is 2.26. The van der Waals surface area contributed by atoms with Crippen LogP contribution in [0.2, 0.25) is 0 Å². The maximum absolute atomic E-state index is 10.8. The summed E-state index contributed by atoms with van der Waals surface area (Å²) in [5.74, 6) is 0.0170. The van der Waals surface area contributed by atoms with E-state index in [0.29, 0.717) is 6.54 Å². The van der Waals surface area contributed by atoms with Gasteiger partial charge >= 0.3 is 0 Å². The molecule has 5 nitrogen and oxygen atoms in total. The van der Waals surface area contributed by atoms with Crippen molar-refractivity contribution in [1.29, 1.82) is 0 Å². The van der Waals surface area contributed by atoms with Crippen molar-refractivity contribution >= 4 is 16.8 Å². The lowest BCUT2D eigenvalue weighted by Gasteiger charge is -2.29. The predicted molar refractivity (Wildman–Crippen MR) is 75.8 cm³/mol. The van der Waals surface area contributed by atoms with E-state index in [2.05, 4.69) is 10.0 Å². The SMILES string of the molecule is CC1=C(N(C)CS(=O)[O-])CN(c2ccccc2)N1C. The fourth-order valence-corrected chi connectivity index (χ4v) is 2.70. The van der Waals surface area contributed by atoms with Crippen molar-refractivity contribution in [1.82, 2.24) is 9.91 Å². The molecular formula is C13H18N3O2S-. The second kappa shape index (κ2) is 5.63. The summed E-state index contributed by atoms with van der Waals surface area (Å²) in [7, 11) is 3.79. The summed E-state index contributed by atoms with van der Waals surface area (Å²) in [5.41, 5.74) is 3.18. The summed E-state index contributed by atoms with van der Waals surface area (Å²) in [5, 5.41) is 4.17. The van der Waals surface area contributed by atoms with Gasteiger partial charge in [-0.05, 0) is 30.1 Å². The molecule has 1 atom stereocenters. The minimum Gasteiger partial charge on any atom is -0.771 e. The average molecular weight is 280 g/mol. The van der Waals surface area contributed by atoms with Gasteiger partial charge in [-0.25, -0.2) is 0 Å². The Morgan fingerprint density at radius 3 is 2.58 bits per heavy atom. The third-order valence-electron chi connectivity index (χ3n) is 3.38. The molecule has 0 fully saturated rings. The Bertz CT molecular complexity index is 504. The van der Waals surface area contributed by atoms with Crippen LogP contribution in [0.15, 0.2) is 41.7 Å². The number of benzene rings is 1.